The van der Waals surface area contributed by atoms with Crippen LogP contribution in [0.4, 0.5) is 26.3 Å². The summed E-state index contributed by atoms with van der Waals surface area (Å²) in [6, 6.07) is 6.09. The van der Waals surface area contributed by atoms with Crippen LogP contribution in [0.2, 0.25) is 0 Å². The summed E-state index contributed by atoms with van der Waals surface area (Å²) in [6.45, 7) is 0.361. The fourth-order valence-electron chi connectivity index (χ4n) is 1.96. The Morgan fingerprint density at radius 2 is 1.62 bits per heavy atom. The smallest absolute Gasteiger partial charge is 0.481 e. The molecule has 188 valence electrons. The van der Waals surface area contributed by atoms with E-state index in [1.807, 2.05) is 0 Å². The molecule has 3 N–H and O–H groups in total. The average molecular weight is 533 g/mol. The number of benzene rings is 1. The summed E-state index contributed by atoms with van der Waals surface area (Å²) in [5, 5.41) is 22.3. The Morgan fingerprint density at radius 1 is 1.00 bits per heavy atom. The van der Waals surface area contributed by atoms with Crippen molar-refractivity contribution in [3.05, 3.63) is 47.8 Å². The van der Waals surface area contributed by atoms with Crippen molar-refractivity contribution in [2.75, 3.05) is 18.1 Å². The van der Waals surface area contributed by atoms with Gasteiger partial charge in [0.25, 0.3) is 5.91 Å². The Kier molecular flexibility index (Phi) is 11.3. The van der Waals surface area contributed by atoms with Crippen LogP contribution in [-0.4, -0.2) is 62.1 Å². The maximum atomic E-state index is 12.8. The summed E-state index contributed by atoms with van der Waals surface area (Å²) in [5.74, 6) is -2.98. The van der Waals surface area contributed by atoms with E-state index in [0.29, 0.717) is 18.1 Å². The third-order valence-electron chi connectivity index (χ3n) is 3.46. The van der Waals surface area contributed by atoms with Crippen LogP contribution in [0.5, 0.6) is 0 Å². The van der Waals surface area contributed by atoms with Crippen LogP contribution in [0.25, 0.3) is 5.69 Å². The molecule has 1 amide bonds. The van der Waals surface area contributed by atoms with Gasteiger partial charge >= 0.3 is 24.3 Å². The Bertz CT molecular complexity index is 981. The van der Waals surface area contributed by atoms with Crippen LogP contribution in [0.15, 0.2) is 36.5 Å². The Balaban J connectivity index is 0.000000718. The van der Waals surface area contributed by atoms with Crippen molar-refractivity contribution in [1.29, 1.82) is 0 Å². The standard InChI is InChI=1S/C16H16F3N3O3S2.C2HF3O2/c17-16(18,19)11-2-1-3-12(10-11)22-7-4-13(21-22)15(25)20-6-9-27-26-8-5-14(23)24;3-2(4,5)1(6)7/h1-4,7,10H,5-6,8-9H2,(H,20,25)(H,23,24);(H,6,7). The Morgan fingerprint density at radius 3 is 2.18 bits per heavy atom. The molecule has 0 aliphatic rings. The number of alkyl halides is 6. The van der Waals surface area contributed by atoms with Gasteiger partial charge in [-0.3, -0.25) is 9.59 Å². The molecule has 2 rings (SSSR count). The van der Waals surface area contributed by atoms with Crippen molar-refractivity contribution in [2.24, 2.45) is 0 Å². The van der Waals surface area contributed by atoms with Gasteiger partial charge in [0.2, 0.25) is 0 Å². The average Bonchev–Trinajstić information content (AvgIpc) is 3.22. The lowest BCUT2D eigenvalue weighted by Gasteiger charge is -2.08. The molecule has 0 aliphatic carbocycles. The number of aromatic nitrogens is 2. The highest BCUT2D eigenvalue weighted by Crippen LogP contribution is 2.30. The fraction of sp³-hybridized carbons (Fsp3) is 0.333. The Hall–Kier alpha value is -2.88. The third-order valence-corrected chi connectivity index (χ3v) is 5.86. The molecule has 8 nitrogen and oxygen atoms in total. The van der Waals surface area contributed by atoms with E-state index in [9.17, 15) is 35.9 Å². The number of carboxylic acid groups (broad SMARTS) is 2. The number of hydrogen-bond donors (Lipinski definition) is 3. The first-order valence-corrected chi connectivity index (χ1v) is 11.5. The van der Waals surface area contributed by atoms with Gasteiger partial charge in [0.1, 0.15) is 0 Å². The van der Waals surface area contributed by atoms with Crippen molar-refractivity contribution in [3.8, 4) is 5.69 Å². The summed E-state index contributed by atoms with van der Waals surface area (Å²) < 4.78 is 71.3. The second-order valence-corrected chi connectivity index (χ2v) is 8.74. The molecule has 0 bridgehead atoms. The zero-order valence-corrected chi connectivity index (χ0v) is 18.5. The highest BCUT2D eigenvalue weighted by Gasteiger charge is 2.38. The first-order valence-electron chi connectivity index (χ1n) is 8.99. The van der Waals surface area contributed by atoms with Crippen LogP contribution in [0.1, 0.15) is 22.5 Å². The highest BCUT2D eigenvalue weighted by atomic mass is 33.1. The fourth-order valence-corrected chi connectivity index (χ4v) is 3.84. The molecule has 1 aromatic heterocycles. The minimum Gasteiger partial charge on any atom is -0.481 e. The SMILES string of the molecule is O=C(O)C(F)(F)F.O=C(O)CCSSCCNC(=O)c1ccn(-c2cccc(C(F)(F)F)c2)n1. The van der Waals surface area contributed by atoms with Crippen LogP contribution >= 0.6 is 21.6 Å². The number of aliphatic carboxylic acids is 2. The number of halogens is 6. The molecule has 16 heteroatoms. The molecule has 0 fully saturated rings. The first kappa shape index (κ1) is 29.2. The van der Waals surface area contributed by atoms with Gasteiger partial charge in [0, 0.05) is 24.2 Å². The normalized spacial score (nSPS) is 11.4. The van der Waals surface area contributed by atoms with Crippen LogP contribution in [0, 0.1) is 0 Å². The maximum absolute atomic E-state index is 12.8. The molecule has 2 aromatic rings. The molecule has 34 heavy (non-hydrogen) atoms. The summed E-state index contributed by atoms with van der Waals surface area (Å²) in [6.07, 6.45) is -8.04. The van der Waals surface area contributed by atoms with Crippen molar-refractivity contribution in [2.45, 2.75) is 18.8 Å². The minimum atomic E-state index is -5.08. The lowest BCUT2D eigenvalue weighted by molar-refractivity contribution is -0.192. The molecule has 1 aromatic carbocycles. The second kappa shape index (κ2) is 13.1. The van der Waals surface area contributed by atoms with E-state index in [2.05, 4.69) is 10.4 Å². The molecule has 0 saturated carbocycles. The number of amides is 1. The van der Waals surface area contributed by atoms with Gasteiger partial charge in [-0.1, -0.05) is 27.7 Å². The van der Waals surface area contributed by atoms with Crippen molar-refractivity contribution in [1.82, 2.24) is 15.1 Å². The second-order valence-electron chi connectivity index (χ2n) is 6.04. The minimum absolute atomic E-state index is 0.0804. The monoisotopic (exact) mass is 533 g/mol. The number of carbonyl (C=O) groups is 3. The zero-order valence-electron chi connectivity index (χ0n) is 16.9. The van der Waals surface area contributed by atoms with E-state index < -0.39 is 35.8 Å². The lowest BCUT2D eigenvalue weighted by atomic mass is 10.2. The van der Waals surface area contributed by atoms with Gasteiger partial charge in [-0.15, -0.1) is 0 Å². The number of nitrogens with zero attached hydrogens (tertiary/aromatic N) is 2. The molecule has 0 saturated heterocycles. The number of nitrogens with one attached hydrogen (secondary N) is 1. The van der Waals surface area contributed by atoms with Gasteiger partial charge in [0.15, 0.2) is 5.69 Å². The van der Waals surface area contributed by atoms with Gasteiger partial charge < -0.3 is 15.5 Å². The summed E-state index contributed by atoms with van der Waals surface area (Å²) in [7, 11) is 2.85. The molecular formula is C18H17F6N3O5S2. The molecule has 0 aliphatic heterocycles. The number of carboxylic acids is 2. The summed E-state index contributed by atoms with van der Waals surface area (Å²) in [5.41, 5.74) is -0.496. The first-order chi connectivity index (χ1) is 15.7. The third kappa shape index (κ3) is 10.8. The molecule has 0 radical (unpaired) electrons. The lowest BCUT2D eigenvalue weighted by Crippen LogP contribution is -2.26. The largest absolute Gasteiger partial charge is 0.490 e. The predicted molar refractivity (Wildman–Crippen MR) is 112 cm³/mol. The number of hydrogen-bond acceptors (Lipinski definition) is 6. The van der Waals surface area contributed by atoms with Crippen molar-refractivity contribution < 1.29 is 50.9 Å². The topological polar surface area (TPSA) is 122 Å². The summed E-state index contributed by atoms with van der Waals surface area (Å²) in [4.78, 5) is 31.3. The van der Waals surface area contributed by atoms with Crippen LogP contribution in [0.3, 0.4) is 0 Å². The van der Waals surface area contributed by atoms with Gasteiger partial charge in [0.05, 0.1) is 17.7 Å². The van der Waals surface area contributed by atoms with E-state index in [-0.39, 0.29) is 17.8 Å². The van der Waals surface area contributed by atoms with E-state index in [4.69, 9.17) is 15.0 Å². The quantitative estimate of drug-likeness (QED) is 0.250. The molecule has 0 atom stereocenters. The van der Waals surface area contributed by atoms with Crippen molar-refractivity contribution in [3.63, 3.8) is 0 Å². The maximum Gasteiger partial charge on any atom is 0.490 e. The number of carbonyl (C=O) groups excluding carboxylic acids is 1. The predicted octanol–water partition coefficient (Wildman–Crippen LogP) is 4.11. The summed E-state index contributed by atoms with van der Waals surface area (Å²) >= 11 is 0. The van der Waals surface area contributed by atoms with E-state index >= 15 is 0 Å². The van der Waals surface area contributed by atoms with Crippen molar-refractivity contribution >= 4 is 39.4 Å². The van der Waals surface area contributed by atoms with Crippen LogP contribution < -0.4 is 5.32 Å². The zero-order chi connectivity index (χ0) is 25.9. The van der Waals surface area contributed by atoms with E-state index in [1.54, 1.807) is 0 Å². The molecule has 0 unspecified atom stereocenters. The molecular weight excluding hydrogens is 516 g/mol. The van der Waals surface area contributed by atoms with E-state index in [1.165, 1.54) is 50.7 Å². The van der Waals surface area contributed by atoms with Gasteiger partial charge in [-0.2, -0.15) is 31.4 Å². The highest BCUT2D eigenvalue weighted by molar-refractivity contribution is 8.76. The van der Waals surface area contributed by atoms with E-state index in [0.717, 1.165) is 12.1 Å². The molecule has 1 heterocycles. The van der Waals surface area contributed by atoms with Gasteiger partial charge in [-0.25, -0.2) is 9.48 Å². The Labute approximate surface area is 196 Å². The molecule has 0 spiro atoms. The number of rotatable bonds is 9. The van der Waals surface area contributed by atoms with Crippen LogP contribution in [-0.2, 0) is 15.8 Å². The van der Waals surface area contributed by atoms with Gasteiger partial charge in [-0.05, 0) is 24.3 Å².